The van der Waals surface area contributed by atoms with Gasteiger partial charge in [-0.05, 0) is 12.5 Å². The van der Waals surface area contributed by atoms with Crippen LogP contribution in [0.5, 0.6) is 0 Å². The lowest BCUT2D eigenvalue weighted by atomic mass is 10.1. The summed E-state index contributed by atoms with van der Waals surface area (Å²) in [6.07, 6.45) is -0.784. The fourth-order valence-electron chi connectivity index (χ4n) is 1.66. The molecule has 0 saturated heterocycles. The minimum absolute atomic E-state index is 0.177. The topological polar surface area (TPSA) is 84.6 Å². The zero-order chi connectivity index (χ0) is 14.3. The first-order chi connectivity index (χ1) is 9.06. The van der Waals surface area contributed by atoms with Crippen molar-refractivity contribution in [3.8, 4) is 0 Å². The quantitative estimate of drug-likeness (QED) is 0.671. The van der Waals surface area contributed by atoms with Gasteiger partial charge in [0.25, 0.3) is 0 Å². The molecule has 1 amide bonds. The van der Waals surface area contributed by atoms with Crippen LogP contribution in [-0.4, -0.2) is 37.3 Å². The fourth-order valence-corrected chi connectivity index (χ4v) is 1.66. The summed E-state index contributed by atoms with van der Waals surface area (Å²) >= 11 is 0. The molecule has 0 fully saturated rings. The molecule has 1 aromatic carbocycles. The summed E-state index contributed by atoms with van der Waals surface area (Å²) in [4.78, 5) is 11.6. The number of carbonyl (C=O) groups is 1. The molecule has 0 aliphatic rings. The van der Waals surface area contributed by atoms with E-state index in [4.69, 9.17) is 10.5 Å². The second kappa shape index (κ2) is 7.89. The minimum Gasteiger partial charge on any atom is -0.387 e. The second-order valence-electron chi connectivity index (χ2n) is 4.53. The summed E-state index contributed by atoms with van der Waals surface area (Å²) in [7, 11) is 1.52. The molecule has 5 heteroatoms. The van der Waals surface area contributed by atoms with Crippen molar-refractivity contribution in [3.05, 3.63) is 35.4 Å². The Labute approximate surface area is 113 Å². The SMILES string of the molecule is COC(CN)CC(=O)NCC(O)c1ccc(C)cc1. The van der Waals surface area contributed by atoms with Gasteiger partial charge >= 0.3 is 0 Å². The Morgan fingerprint density at radius 2 is 2.05 bits per heavy atom. The van der Waals surface area contributed by atoms with Crippen LogP contribution in [0.25, 0.3) is 0 Å². The van der Waals surface area contributed by atoms with E-state index in [0.717, 1.165) is 11.1 Å². The lowest BCUT2D eigenvalue weighted by Crippen LogP contribution is -2.34. The van der Waals surface area contributed by atoms with Gasteiger partial charge in [0.1, 0.15) is 0 Å². The number of rotatable bonds is 7. The second-order valence-corrected chi connectivity index (χ2v) is 4.53. The molecule has 5 nitrogen and oxygen atoms in total. The van der Waals surface area contributed by atoms with Crippen LogP contribution >= 0.6 is 0 Å². The Morgan fingerprint density at radius 1 is 1.42 bits per heavy atom. The van der Waals surface area contributed by atoms with Crippen molar-refractivity contribution in [1.29, 1.82) is 0 Å². The van der Waals surface area contributed by atoms with E-state index in [1.165, 1.54) is 7.11 Å². The third-order valence-electron chi connectivity index (χ3n) is 2.96. The first-order valence-corrected chi connectivity index (χ1v) is 6.31. The molecule has 106 valence electrons. The zero-order valence-corrected chi connectivity index (χ0v) is 11.4. The van der Waals surface area contributed by atoms with E-state index in [1.807, 2.05) is 31.2 Å². The number of nitrogens with two attached hydrogens (primary N) is 1. The van der Waals surface area contributed by atoms with Crippen molar-refractivity contribution >= 4 is 5.91 Å². The van der Waals surface area contributed by atoms with Gasteiger partial charge in [-0.25, -0.2) is 0 Å². The van der Waals surface area contributed by atoms with Crippen LogP contribution < -0.4 is 11.1 Å². The Hall–Kier alpha value is -1.43. The predicted octanol–water partition coefficient (Wildman–Crippen LogP) is 0.508. The smallest absolute Gasteiger partial charge is 0.222 e. The third kappa shape index (κ3) is 5.38. The third-order valence-corrected chi connectivity index (χ3v) is 2.96. The monoisotopic (exact) mass is 266 g/mol. The summed E-state index contributed by atoms with van der Waals surface area (Å²) < 4.78 is 5.03. The molecule has 0 radical (unpaired) electrons. The number of aliphatic hydroxyl groups is 1. The van der Waals surface area contributed by atoms with Crippen LogP contribution in [0, 0.1) is 6.92 Å². The van der Waals surface area contributed by atoms with Gasteiger partial charge in [-0.15, -0.1) is 0 Å². The Balaban J connectivity index is 2.39. The van der Waals surface area contributed by atoms with Gasteiger partial charge in [-0.3, -0.25) is 4.79 Å². The number of hydrogen-bond acceptors (Lipinski definition) is 4. The number of ether oxygens (including phenoxy) is 1. The lowest BCUT2D eigenvalue weighted by molar-refractivity contribution is -0.123. The number of nitrogens with one attached hydrogen (secondary N) is 1. The molecule has 0 saturated carbocycles. The summed E-state index contributed by atoms with van der Waals surface area (Å²) in [5.41, 5.74) is 7.35. The van der Waals surface area contributed by atoms with Crippen LogP contribution in [0.4, 0.5) is 0 Å². The average molecular weight is 266 g/mol. The fraction of sp³-hybridized carbons (Fsp3) is 0.500. The first kappa shape index (κ1) is 15.6. The first-order valence-electron chi connectivity index (χ1n) is 6.31. The maximum atomic E-state index is 11.6. The molecule has 1 aromatic rings. The van der Waals surface area contributed by atoms with Crippen molar-refractivity contribution in [3.63, 3.8) is 0 Å². The van der Waals surface area contributed by atoms with Gasteiger partial charge < -0.3 is 20.9 Å². The molecule has 0 bridgehead atoms. The highest BCUT2D eigenvalue weighted by molar-refractivity contribution is 5.76. The van der Waals surface area contributed by atoms with Crippen LogP contribution in [0.3, 0.4) is 0 Å². The summed E-state index contributed by atoms with van der Waals surface area (Å²) in [5.74, 6) is -0.177. The maximum Gasteiger partial charge on any atom is 0.222 e. The molecule has 0 aromatic heterocycles. The molecule has 1 rings (SSSR count). The van der Waals surface area contributed by atoms with Crippen LogP contribution in [0.1, 0.15) is 23.7 Å². The Kier molecular flexibility index (Phi) is 6.49. The number of aliphatic hydroxyl groups excluding tert-OH is 1. The summed E-state index contributed by atoms with van der Waals surface area (Å²) in [6, 6.07) is 7.56. The number of methoxy groups -OCH3 is 1. The van der Waals surface area contributed by atoms with Gasteiger partial charge in [0.2, 0.25) is 5.91 Å². The van der Waals surface area contributed by atoms with Crippen molar-refractivity contribution in [2.75, 3.05) is 20.2 Å². The molecule has 0 heterocycles. The van der Waals surface area contributed by atoms with E-state index in [2.05, 4.69) is 5.32 Å². The van der Waals surface area contributed by atoms with Gasteiger partial charge in [0.15, 0.2) is 0 Å². The van der Waals surface area contributed by atoms with Crippen molar-refractivity contribution in [2.45, 2.75) is 25.6 Å². The van der Waals surface area contributed by atoms with Gasteiger partial charge in [0.05, 0.1) is 18.6 Å². The van der Waals surface area contributed by atoms with E-state index >= 15 is 0 Å². The van der Waals surface area contributed by atoms with Gasteiger partial charge in [-0.1, -0.05) is 29.8 Å². The largest absolute Gasteiger partial charge is 0.387 e. The molecule has 0 spiro atoms. The number of hydrogen-bond donors (Lipinski definition) is 3. The van der Waals surface area contributed by atoms with Crippen LogP contribution in [0.15, 0.2) is 24.3 Å². The summed E-state index contributed by atoms with van der Waals surface area (Å²) in [6.45, 7) is 2.46. The predicted molar refractivity (Wildman–Crippen MR) is 73.6 cm³/mol. The molecule has 19 heavy (non-hydrogen) atoms. The molecule has 0 aliphatic heterocycles. The highest BCUT2D eigenvalue weighted by Crippen LogP contribution is 2.12. The highest BCUT2D eigenvalue weighted by atomic mass is 16.5. The molecule has 4 N–H and O–H groups in total. The maximum absolute atomic E-state index is 11.6. The molecule has 0 aliphatic carbocycles. The van der Waals surface area contributed by atoms with Crippen molar-refractivity contribution in [2.24, 2.45) is 5.73 Å². The molecular formula is C14H22N2O3. The summed E-state index contributed by atoms with van der Waals surface area (Å²) in [5, 5.41) is 12.6. The lowest BCUT2D eigenvalue weighted by Gasteiger charge is -2.15. The van der Waals surface area contributed by atoms with Crippen molar-refractivity contribution < 1.29 is 14.6 Å². The van der Waals surface area contributed by atoms with Crippen LogP contribution in [-0.2, 0) is 9.53 Å². The Bertz CT molecular complexity index is 388. The van der Waals surface area contributed by atoms with E-state index in [-0.39, 0.29) is 25.0 Å². The number of amides is 1. The van der Waals surface area contributed by atoms with E-state index < -0.39 is 6.10 Å². The number of aryl methyl sites for hydroxylation is 1. The van der Waals surface area contributed by atoms with Crippen molar-refractivity contribution in [1.82, 2.24) is 5.32 Å². The number of benzene rings is 1. The molecule has 2 atom stereocenters. The van der Waals surface area contributed by atoms with Gasteiger partial charge in [-0.2, -0.15) is 0 Å². The van der Waals surface area contributed by atoms with E-state index in [1.54, 1.807) is 0 Å². The molecule has 2 unspecified atom stereocenters. The Morgan fingerprint density at radius 3 is 2.58 bits per heavy atom. The highest BCUT2D eigenvalue weighted by Gasteiger charge is 2.13. The minimum atomic E-state index is -0.705. The van der Waals surface area contributed by atoms with Crippen LogP contribution in [0.2, 0.25) is 0 Å². The normalized spacial score (nSPS) is 13.9. The standard InChI is InChI=1S/C14H22N2O3/c1-10-3-5-11(6-4-10)13(17)9-16-14(18)7-12(8-15)19-2/h3-6,12-13,17H,7-9,15H2,1-2H3,(H,16,18). The van der Waals surface area contributed by atoms with Gasteiger partial charge in [0, 0.05) is 20.2 Å². The molecular weight excluding hydrogens is 244 g/mol. The average Bonchev–Trinajstić information content (AvgIpc) is 2.43. The number of carbonyl (C=O) groups excluding carboxylic acids is 1. The van der Waals surface area contributed by atoms with E-state index in [0.29, 0.717) is 6.54 Å². The van der Waals surface area contributed by atoms with E-state index in [9.17, 15) is 9.90 Å². The zero-order valence-electron chi connectivity index (χ0n) is 11.4.